The Morgan fingerprint density at radius 1 is 0.971 bits per heavy atom. The molecule has 1 atom stereocenters. The summed E-state index contributed by atoms with van der Waals surface area (Å²) in [4.78, 5) is 20.3. The number of rotatable bonds is 5. The van der Waals surface area contributed by atoms with Crippen molar-refractivity contribution in [2.24, 2.45) is 5.92 Å². The monoisotopic (exact) mass is 492 g/mol. The number of aromatic nitrogens is 1. The van der Waals surface area contributed by atoms with Gasteiger partial charge in [0.1, 0.15) is 5.82 Å². The van der Waals surface area contributed by atoms with E-state index in [1.807, 2.05) is 38.1 Å². The number of nitrogens with one attached hydrogen (secondary N) is 1. The molecule has 0 spiro atoms. The number of anilines is 2. The largest absolute Gasteiger partial charge is 0.356 e. The molecule has 1 aromatic heterocycles. The minimum Gasteiger partial charge on any atom is -0.356 e. The van der Waals surface area contributed by atoms with E-state index in [1.165, 1.54) is 5.56 Å². The van der Waals surface area contributed by atoms with Gasteiger partial charge in [0.15, 0.2) is 0 Å². The second kappa shape index (κ2) is 9.59. The van der Waals surface area contributed by atoms with Crippen molar-refractivity contribution in [1.82, 2.24) is 9.29 Å². The Morgan fingerprint density at radius 2 is 1.77 bits per heavy atom. The number of hydrogen-bond acceptors (Lipinski definition) is 5. The molecule has 0 aliphatic carbocycles. The number of benzene rings is 2. The molecule has 2 aliphatic rings. The lowest BCUT2D eigenvalue weighted by atomic mass is 9.96. The van der Waals surface area contributed by atoms with Gasteiger partial charge in [0, 0.05) is 37.3 Å². The Bertz CT molecular complexity index is 1370. The molecular formula is C27H32N4O3S. The molecule has 0 radical (unpaired) electrons. The van der Waals surface area contributed by atoms with E-state index in [1.54, 1.807) is 22.5 Å². The van der Waals surface area contributed by atoms with E-state index >= 15 is 0 Å². The van der Waals surface area contributed by atoms with Crippen molar-refractivity contribution in [2.45, 2.75) is 44.4 Å². The second-order valence-electron chi connectivity index (χ2n) is 9.73. The zero-order valence-corrected chi connectivity index (χ0v) is 21.1. The number of aryl methyl sites for hydroxylation is 2. The normalized spacial score (nSPS) is 19.3. The Hall–Kier alpha value is -2.97. The van der Waals surface area contributed by atoms with Crippen LogP contribution in [0.25, 0.3) is 10.9 Å². The number of carbonyl (C=O) groups is 1. The SMILES string of the molecule is Cc1ccc(NC(=O)[C@@H]2CCCN(c3ccc4cc(S(=O)(=O)N5CCCC5)ccc4n3)C2)c(C)c1. The lowest BCUT2D eigenvalue weighted by Gasteiger charge is -2.33. The summed E-state index contributed by atoms with van der Waals surface area (Å²) in [6.45, 7) is 6.68. The van der Waals surface area contributed by atoms with Crippen molar-refractivity contribution in [2.75, 3.05) is 36.4 Å². The summed E-state index contributed by atoms with van der Waals surface area (Å²) in [5.41, 5.74) is 3.85. The van der Waals surface area contributed by atoms with E-state index in [9.17, 15) is 13.2 Å². The van der Waals surface area contributed by atoms with Crippen LogP contribution >= 0.6 is 0 Å². The van der Waals surface area contributed by atoms with Crippen LogP contribution in [0.2, 0.25) is 0 Å². The van der Waals surface area contributed by atoms with Gasteiger partial charge in [-0.3, -0.25) is 4.79 Å². The van der Waals surface area contributed by atoms with Crippen LogP contribution < -0.4 is 10.2 Å². The van der Waals surface area contributed by atoms with E-state index in [4.69, 9.17) is 4.98 Å². The molecule has 2 saturated heterocycles. The van der Waals surface area contributed by atoms with Crippen LogP contribution in [0.15, 0.2) is 53.4 Å². The highest BCUT2D eigenvalue weighted by Gasteiger charge is 2.29. The number of fused-ring (bicyclic) bond motifs is 1. The fraction of sp³-hybridized carbons (Fsp3) is 0.407. The molecule has 3 aromatic rings. The lowest BCUT2D eigenvalue weighted by Crippen LogP contribution is -2.41. The summed E-state index contributed by atoms with van der Waals surface area (Å²) in [5, 5.41) is 3.91. The molecule has 2 aliphatic heterocycles. The minimum absolute atomic E-state index is 0.0409. The molecule has 1 amide bonds. The number of hydrogen-bond donors (Lipinski definition) is 1. The molecule has 0 unspecified atom stereocenters. The maximum atomic E-state index is 13.0. The van der Waals surface area contributed by atoms with E-state index in [0.29, 0.717) is 24.5 Å². The van der Waals surface area contributed by atoms with Gasteiger partial charge in [-0.25, -0.2) is 13.4 Å². The number of pyridine rings is 1. The van der Waals surface area contributed by atoms with Crippen LogP contribution in [0.4, 0.5) is 11.5 Å². The molecular weight excluding hydrogens is 460 g/mol. The van der Waals surface area contributed by atoms with Crippen molar-refractivity contribution in [3.05, 3.63) is 59.7 Å². The summed E-state index contributed by atoms with van der Waals surface area (Å²) in [7, 11) is -3.46. The fourth-order valence-electron chi connectivity index (χ4n) is 5.09. The predicted molar refractivity (Wildman–Crippen MR) is 139 cm³/mol. The molecule has 5 rings (SSSR count). The van der Waals surface area contributed by atoms with Crippen LogP contribution in [0.1, 0.15) is 36.8 Å². The molecule has 8 heteroatoms. The average Bonchev–Trinajstić information content (AvgIpc) is 3.41. The smallest absolute Gasteiger partial charge is 0.243 e. The number of amides is 1. The van der Waals surface area contributed by atoms with Gasteiger partial charge in [-0.1, -0.05) is 17.7 Å². The van der Waals surface area contributed by atoms with Crippen LogP contribution in [0.3, 0.4) is 0 Å². The summed E-state index contributed by atoms with van der Waals surface area (Å²) in [6.07, 6.45) is 3.59. The standard InChI is InChI=1S/C27H32N4O3S/c1-19-7-10-24(20(2)16-19)29-27(32)22-6-5-13-30(18-22)26-12-8-21-17-23(9-11-25(21)28-26)35(33,34)31-14-3-4-15-31/h7-12,16-17,22H,3-6,13-15,18H2,1-2H3,(H,29,32)/t22-/m1/s1. The molecule has 2 fully saturated rings. The van der Waals surface area contributed by atoms with Gasteiger partial charge in [-0.2, -0.15) is 4.31 Å². The van der Waals surface area contributed by atoms with Crippen molar-refractivity contribution in [3.8, 4) is 0 Å². The molecule has 0 bridgehead atoms. The number of carbonyl (C=O) groups excluding carboxylic acids is 1. The fourth-order valence-corrected chi connectivity index (χ4v) is 6.65. The summed E-state index contributed by atoms with van der Waals surface area (Å²) in [6, 6.07) is 15.1. The molecule has 0 saturated carbocycles. The van der Waals surface area contributed by atoms with Crippen LogP contribution in [0.5, 0.6) is 0 Å². The van der Waals surface area contributed by atoms with E-state index in [0.717, 1.165) is 60.2 Å². The Kier molecular flexibility index (Phi) is 6.51. The highest BCUT2D eigenvalue weighted by Crippen LogP contribution is 2.28. The topological polar surface area (TPSA) is 82.6 Å². The quantitative estimate of drug-likeness (QED) is 0.567. The number of sulfonamides is 1. The lowest BCUT2D eigenvalue weighted by molar-refractivity contribution is -0.120. The van der Waals surface area contributed by atoms with Gasteiger partial charge >= 0.3 is 0 Å². The second-order valence-corrected chi connectivity index (χ2v) is 11.7. The van der Waals surface area contributed by atoms with Gasteiger partial charge in [0.25, 0.3) is 0 Å². The summed E-state index contributed by atoms with van der Waals surface area (Å²) >= 11 is 0. The first kappa shape index (κ1) is 23.8. The van der Waals surface area contributed by atoms with Gasteiger partial charge in [-0.05, 0) is 81.5 Å². The Balaban J connectivity index is 1.31. The average molecular weight is 493 g/mol. The zero-order valence-electron chi connectivity index (χ0n) is 20.3. The third-order valence-corrected chi connectivity index (χ3v) is 9.00. The third kappa shape index (κ3) is 4.90. The van der Waals surface area contributed by atoms with Crippen LogP contribution in [-0.4, -0.2) is 49.8 Å². The zero-order chi connectivity index (χ0) is 24.6. The molecule has 2 aromatic carbocycles. The third-order valence-electron chi connectivity index (χ3n) is 7.10. The molecule has 3 heterocycles. The van der Waals surface area contributed by atoms with E-state index in [-0.39, 0.29) is 11.8 Å². The van der Waals surface area contributed by atoms with Crippen molar-refractivity contribution < 1.29 is 13.2 Å². The van der Waals surface area contributed by atoms with Gasteiger partial charge in [0.05, 0.1) is 16.3 Å². The van der Waals surface area contributed by atoms with Crippen LogP contribution in [-0.2, 0) is 14.8 Å². The Morgan fingerprint density at radius 3 is 2.54 bits per heavy atom. The maximum Gasteiger partial charge on any atom is 0.243 e. The van der Waals surface area contributed by atoms with Gasteiger partial charge in [0.2, 0.25) is 15.9 Å². The minimum atomic E-state index is -3.46. The molecule has 1 N–H and O–H groups in total. The molecule has 7 nitrogen and oxygen atoms in total. The molecule has 35 heavy (non-hydrogen) atoms. The van der Waals surface area contributed by atoms with Crippen molar-refractivity contribution >= 4 is 38.3 Å². The maximum absolute atomic E-state index is 13.0. The highest BCUT2D eigenvalue weighted by atomic mass is 32.2. The summed E-state index contributed by atoms with van der Waals surface area (Å²) in [5.74, 6) is 0.741. The van der Waals surface area contributed by atoms with E-state index in [2.05, 4.69) is 16.3 Å². The molecule has 184 valence electrons. The summed E-state index contributed by atoms with van der Waals surface area (Å²) < 4.78 is 27.4. The van der Waals surface area contributed by atoms with Gasteiger partial charge in [-0.15, -0.1) is 0 Å². The van der Waals surface area contributed by atoms with Crippen molar-refractivity contribution in [3.63, 3.8) is 0 Å². The first-order valence-corrected chi connectivity index (χ1v) is 13.8. The number of piperidine rings is 1. The first-order chi connectivity index (χ1) is 16.8. The van der Waals surface area contributed by atoms with Crippen LogP contribution in [0, 0.1) is 19.8 Å². The Labute approximate surface area is 207 Å². The van der Waals surface area contributed by atoms with Gasteiger partial charge < -0.3 is 10.2 Å². The van der Waals surface area contributed by atoms with E-state index < -0.39 is 10.0 Å². The first-order valence-electron chi connectivity index (χ1n) is 12.4. The number of nitrogens with zero attached hydrogens (tertiary/aromatic N) is 3. The highest BCUT2D eigenvalue weighted by molar-refractivity contribution is 7.89. The predicted octanol–water partition coefficient (Wildman–Crippen LogP) is 4.49. The van der Waals surface area contributed by atoms with Crippen molar-refractivity contribution in [1.29, 1.82) is 0 Å².